The van der Waals surface area contributed by atoms with Gasteiger partial charge in [-0.2, -0.15) is 0 Å². The molecule has 5 heteroatoms. The molecular weight excluding hydrogens is 233 g/mol. The zero-order valence-corrected chi connectivity index (χ0v) is 10.2. The van der Waals surface area contributed by atoms with Gasteiger partial charge in [0.05, 0.1) is 6.04 Å². The fourth-order valence-electron chi connectivity index (χ4n) is 2.11. The summed E-state index contributed by atoms with van der Waals surface area (Å²) in [5.74, 6) is -0.285. The number of carbonyl (C=O) groups excluding carboxylic acids is 1. The van der Waals surface area contributed by atoms with E-state index in [0.29, 0.717) is 31.5 Å². The average molecular weight is 251 g/mol. The second-order valence-electron chi connectivity index (χ2n) is 4.59. The minimum Gasteiger partial charge on any atom is -0.354 e. The van der Waals surface area contributed by atoms with Crippen LogP contribution in [-0.4, -0.2) is 31.1 Å². The van der Waals surface area contributed by atoms with Gasteiger partial charge in [0.1, 0.15) is 5.82 Å². The summed E-state index contributed by atoms with van der Waals surface area (Å²) in [5.41, 5.74) is 6.33. The van der Waals surface area contributed by atoms with Crippen molar-refractivity contribution in [1.29, 1.82) is 0 Å². The van der Waals surface area contributed by atoms with Gasteiger partial charge in [0.2, 0.25) is 5.91 Å². The van der Waals surface area contributed by atoms with Gasteiger partial charge >= 0.3 is 0 Å². The van der Waals surface area contributed by atoms with Crippen LogP contribution in [0.25, 0.3) is 0 Å². The molecule has 4 nitrogen and oxygen atoms in total. The number of halogens is 1. The molecule has 0 bridgehead atoms. The van der Waals surface area contributed by atoms with E-state index in [1.165, 1.54) is 6.07 Å². The van der Waals surface area contributed by atoms with Crippen molar-refractivity contribution in [1.82, 2.24) is 10.6 Å². The van der Waals surface area contributed by atoms with E-state index >= 15 is 0 Å². The number of rotatable bonds is 4. The van der Waals surface area contributed by atoms with Crippen LogP contribution in [0.5, 0.6) is 0 Å². The molecule has 1 heterocycles. The maximum absolute atomic E-state index is 13.3. The SMILES string of the molecule is NC1CNC(C(=O)NCCc2ccccc2F)C1. The molecule has 1 aromatic rings. The maximum atomic E-state index is 13.3. The Morgan fingerprint density at radius 2 is 2.28 bits per heavy atom. The first-order valence-electron chi connectivity index (χ1n) is 6.17. The van der Waals surface area contributed by atoms with E-state index in [1.54, 1.807) is 18.2 Å². The van der Waals surface area contributed by atoms with Crippen molar-refractivity contribution in [2.75, 3.05) is 13.1 Å². The Labute approximate surface area is 106 Å². The Kier molecular flexibility index (Phi) is 4.28. The standard InChI is InChI=1S/C13H18FN3O/c14-11-4-2-1-3-9(11)5-6-16-13(18)12-7-10(15)8-17-12/h1-4,10,12,17H,5-8,15H2,(H,16,18). The Hall–Kier alpha value is -1.46. The van der Waals surface area contributed by atoms with Crippen LogP contribution in [0.2, 0.25) is 0 Å². The van der Waals surface area contributed by atoms with Gasteiger partial charge in [-0.25, -0.2) is 4.39 Å². The summed E-state index contributed by atoms with van der Waals surface area (Å²) in [6.07, 6.45) is 1.16. The van der Waals surface area contributed by atoms with Crippen LogP contribution in [0.3, 0.4) is 0 Å². The number of carbonyl (C=O) groups is 1. The molecule has 1 amide bonds. The Morgan fingerprint density at radius 3 is 2.94 bits per heavy atom. The number of hydrogen-bond donors (Lipinski definition) is 3. The highest BCUT2D eigenvalue weighted by Crippen LogP contribution is 2.07. The van der Waals surface area contributed by atoms with Crippen molar-refractivity contribution >= 4 is 5.91 Å². The molecule has 18 heavy (non-hydrogen) atoms. The summed E-state index contributed by atoms with van der Waals surface area (Å²) < 4.78 is 13.3. The number of nitrogens with two attached hydrogens (primary N) is 1. The molecule has 0 radical (unpaired) electrons. The van der Waals surface area contributed by atoms with Crippen molar-refractivity contribution in [2.24, 2.45) is 5.73 Å². The summed E-state index contributed by atoms with van der Waals surface area (Å²) in [4.78, 5) is 11.7. The molecule has 98 valence electrons. The third-order valence-electron chi connectivity index (χ3n) is 3.13. The van der Waals surface area contributed by atoms with E-state index in [-0.39, 0.29) is 23.8 Å². The van der Waals surface area contributed by atoms with Crippen molar-refractivity contribution in [2.45, 2.75) is 24.9 Å². The Morgan fingerprint density at radius 1 is 1.50 bits per heavy atom. The highest BCUT2D eigenvalue weighted by molar-refractivity contribution is 5.82. The third kappa shape index (κ3) is 3.27. The molecule has 2 unspecified atom stereocenters. The fraction of sp³-hybridized carbons (Fsp3) is 0.462. The second kappa shape index (κ2) is 5.93. The lowest BCUT2D eigenvalue weighted by Gasteiger charge is -2.11. The van der Waals surface area contributed by atoms with E-state index in [9.17, 15) is 9.18 Å². The first kappa shape index (κ1) is 13.0. The van der Waals surface area contributed by atoms with Crippen LogP contribution in [0.15, 0.2) is 24.3 Å². The number of hydrogen-bond acceptors (Lipinski definition) is 3. The molecule has 0 aliphatic carbocycles. The Balaban J connectivity index is 1.75. The topological polar surface area (TPSA) is 67.1 Å². The molecule has 1 saturated heterocycles. The lowest BCUT2D eigenvalue weighted by atomic mass is 10.1. The smallest absolute Gasteiger partial charge is 0.237 e. The highest BCUT2D eigenvalue weighted by atomic mass is 19.1. The van der Waals surface area contributed by atoms with Crippen LogP contribution in [0.4, 0.5) is 4.39 Å². The maximum Gasteiger partial charge on any atom is 0.237 e. The van der Waals surface area contributed by atoms with Crippen molar-refractivity contribution in [3.63, 3.8) is 0 Å². The first-order valence-corrected chi connectivity index (χ1v) is 6.17. The van der Waals surface area contributed by atoms with Crippen molar-refractivity contribution in [3.05, 3.63) is 35.6 Å². The zero-order valence-electron chi connectivity index (χ0n) is 10.2. The van der Waals surface area contributed by atoms with Gasteiger partial charge in [-0.15, -0.1) is 0 Å². The van der Waals surface area contributed by atoms with Gasteiger partial charge in [-0.05, 0) is 24.5 Å². The Bertz CT molecular complexity index is 424. The highest BCUT2D eigenvalue weighted by Gasteiger charge is 2.26. The van der Waals surface area contributed by atoms with Crippen LogP contribution in [0, 0.1) is 5.82 Å². The minimum atomic E-state index is -0.229. The number of benzene rings is 1. The van der Waals surface area contributed by atoms with Gasteiger partial charge in [0.15, 0.2) is 0 Å². The van der Waals surface area contributed by atoms with Crippen LogP contribution in [-0.2, 0) is 11.2 Å². The molecule has 1 aliphatic rings. The van der Waals surface area contributed by atoms with Crippen molar-refractivity contribution < 1.29 is 9.18 Å². The lowest BCUT2D eigenvalue weighted by Crippen LogP contribution is -2.41. The molecule has 4 N–H and O–H groups in total. The molecule has 2 rings (SSSR count). The van der Waals surface area contributed by atoms with E-state index in [0.717, 1.165) is 0 Å². The van der Waals surface area contributed by atoms with E-state index < -0.39 is 0 Å². The second-order valence-corrected chi connectivity index (χ2v) is 4.59. The summed E-state index contributed by atoms with van der Waals surface area (Å²) in [6, 6.07) is 6.44. The summed E-state index contributed by atoms with van der Waals surface area (Å²) in [6.45, 7) is 1.11. The predicted octanol–water partition coefficient (Wildman–Crippen LogP) is 0.174. The van der Waals surface area contributed by atoms with E-state index in [2.05, 4.69) is 10.6 Å². The minimum absolute atomic E-state index is 0.0484. The average Bonchev–Trinajstić information content (AvgIpc) is 2.78. The normalized spacial score (nSPS) is 23.0. The first-order chi connectivity index (χ1) is 8.66. The largest absolute Gasteiger partial charge is 0.354 e. The third-order valence-corrected chi connectivity index (χ3v) is 3.13. The molecule has 1 aromatic carbocycles. The molecule has 0 spiro atoms. The fourth-order valence-corrected chi connectivity index (χ4v) is 2.11. The monoisotopic (exact) mass is 251 g/mol. The summed E-state index contributed by atoms with van der Waals surface area (Å²) >= 11 is 0. The summed E-state index contributed by atoms with van der Waals surface area (Å²) in [7, 11) is 0. The van der Waals surface area contributed by atoms with Crippen molar-refractivity contribution in [3.8, 4) is 0 Å². The van der Waals surface area contributed by atoms with Gasteiger partial charge in [0, 0.05) is 19.1 Å². The summed E-state index contributed by atoms with van der Waals surface area (Å²) in [5, 5.41) is 5.85. The molecule has 2 atom stereocenters. The number of amides is 1. The van der Waals surface area contributed by atoms with Gasteiger partial charge in [-0.1, -0.05) is 18.2 Å². The van der Waals surface area contributed by atoms with Gasteiger partial charge in [0.25, 0.3) is 0 Å². The van der Waals surface area contributed by atoms with E-state index in [4.69, 9.17) is 5.73 Å². The quantitative estimate of drug-likeness (QED) is 0.715. The van der Waals surface area contributed by atoms with Gasteiger partial charge < -0.3 is 16.4 Å². The molecule has 1 fully saturated rings. The lowest BCUT2D eigenvalue weighted by molar-refractivity contribution is -0.122. The van der Waals surface area contributed by atoms with E-state index in [1.807, 2.05) is 0 Å². The van der Waals surface area contributed by atoms with Crippen LogP contribution >= 0.6 is 0 Å². The molecule has 0 saturated carbocycles. The number of nitrogens with one attached hydrogen (secondary N) is 2. The molecule has 0 aromatic heterocycles. The zero-order chi connectivity index (χ0) is 13.0. The van der Waals surface area contributed by atoms with Gasteiger partial charge in [-0.3, -0.25) is 4.79 Å². The molecule has 1 aliphatic heterocycles. The van der Waals surface area contributed by atoms with Crippen LogP contribution in [0.1, 0.15) is 12.0 Å². The molecular formula is C13H18FN3O. The van der Waals surface area contributed by atoms with Crippen LogP contribution < -0.4 is 16.4 Å². The predicted molar refractivity (Wildman–Crippen MR) is 67.5 cm³/mol.